The molecule has 5 heteroatoms. The molecule has 2 aromatic rings. The number of anilines is 1. The van der Waals surface area contributed by atoms with Gasteiger partial charge < -0.3 is 11.5 Å². The van der Waals surface area contributed by atoms with E-state index in [0.717, 1.165) is 5.56 Å². The summed E-state index contributed by atoms with van der Waals surface area (Å²) >= 11 is 0. The van der Waals surface area contributed by atoms with E-state index in [9.17, 15) is 4.79 Å². The molecule has 1 heterocycles. The summed E-state index contributed by atoms with van der Waals surface area (Å²) in [5, 5.41) is 4.12. The van der Waals surface area contributed by atoms with Gasteiger partial charge in [-0.1, -0.05) is 12.1 Å². The number of benzene rings is 1. The number of nitrogens with two attached hydrogens (primary N) is 2. The molecule has 1 atom stereocenters. The molecule has 0 aliphatic rings. The highest BCUT2D eigenvalue weighted by atomic mass is 16.1. The van der Waals surface area contributed by atoms with Gasteiger partial charge in [-0.25, -0.2) is 0 Å². The Morgan fingerprint density at radius 1 is 1.47 bits per heavy atom. The van der Waals surface area contributed by atoms with Gasteiger partial charge in [0.2, 0.25) is 0 Å². The Balaban J connectivity index is 2.30. The zero-order valence-electron chi connectivity index (χ0n) is 9.50. The fourth-order valence-electron chi connectivity index (χ4n) is 1.65. The van der Waals surface area contributed by atoms with E-state index in [0.29, 0.717) is 11.3 Å². The van der Waals surface area contributed by atoms with Crippen LogP contribution < -0.4 is 11.5 Å². The second-order valence-corrected chi connectivity index (χ2v) is 3.92. The Hall–Kier alpha value is -2.30. The van der Waals surface area contributed by atoms with E-state index in [2.05, 4.69) is 5.10 Å². The van der Waals surface area contributed by atoms with Crippen molar-refractivity contribution in [1.29, 1.82) is 0 Å². The SMILES string of the molecule is CC(c1cccc(N)c1)n1cc(C(N)=O)cn1. The van der Waals surface area contributed by atoms with Crippen LogP contribution in [0.1, 0.15) is 28.9 Å². The molecule has 0 fully saturated rings. The molecule has 1 aromatic carbocycles. The van der Waals surface area contributed by atoms with Crippen molar-refractivity contribution in [3.05, 3.63) is 47.8 Å². The minimum Gasteiger partial charge on any atom is -0.399 e. The first kappa shape index (κ1) is 11.2. The molecule has 5 nitrogen and oxygen atoms in total. The van der Waals surface area contributed by atoms with Gasteiger partial charge in [0, 0.05) is 11.9 Å². The molecule has 0 radical (unpaired) electrons. The van der Waals surface area contributed by atoms with Crippen LogP contribution in [0.4, 0.5) is 5.69 Å². The van der Waals surface area contributed by atoms with Gasteiger partial charge in [-0.2, -0.15) is 5.10 Å². The Kier molecular flexibility index (Phi) is 2.82. The van der Waals surface area contributed by atoms with Crippen LogP contribution in [-0.4, -0.2) is 15.7 Å². The Morgan fingerprint density at radius 3 is 2.82 bits per heavy atom. The van der Waals surface area contributed by atoms with E-state index in [1.807, 2.05) is 31.2 Å². The summed E-state index contributed by atoms with van der Waals surface area (Å²) in [6, 6.07) is 7.57. The molecule has 1 aromatic heterocycles. The molecular formula is C12H14N4O. The molecule has 1 unspecified atom stereocenters. The summed E-state index contributed by atoms with van der Waals surface area (Å²) in [4.78, 5) is 11.0. The lowest BCUT2D eigenvalue weighted by atomic mass is 10.1. The number of carbonyl (C=O) groups is 1. The largest absolute Gasteiger partial charge is 0.399 e. The van der Waals surface area contributed by atoms with Gasteiger partial charge in [0.25, 0.3) is 5.91 Å². The van der Waals surface area contributed by atoms with E-state index in [-0.39, 0.29) is 6.04 Å². The van der Waals surface area contributed by atoms with Crippen LogP contribution in [0.5, 0.6) is 0 Å². The minimum atomic E-state index is -0.476. The summed E-state index contributed by atoms with van der Waals surface area (Å²) in [6.45, 7) is 1.98. The summed E-state index contributed by atoms with van der Waals surface area (Å²) < 4.78 is 1.69. The molecule has 0 spiro atoms. The molecule has 0 aliphatic carbocycles. The highest BCUT2D eigenvalue weighted by Crippen LogP contribution is 2.19. The van der Waals surface area contributed by atoms with E-state index < -0.39 is 5.91 Å². The van der Waals surface area contributed by atoms with Gasteiger partial charge in [-0.05, 0) is 24.6 Å². The van der Waals surface area contributed by atoms with Crippen molar-refractivity contribution in [2.24, 2.45) is 5.73 Å². The quantitative estimate of drug-likeness (QED) is 0.776. The molecule has 0 bridgehead atoms. The normalized spacial score (nSPS) is 12.3. The van der Waals surface area contributed by atoms with Crippen molar-refractivity contribution < 1.29 is 4.79 Å². The summed E-state index contributed by atoms with van der Waals surface area (Å²) in [7, 11) is 0. The van der Waals surface area contributed by atoms with Crippen LogP contribution in [0, 0.1) is 0 Å². The zero-order chi connectivity index (χ0) is 12.4. The fourth-order valence-corrected chi connectivity index (χ4v) is 1.65. The standard InChI is InChI=1S/C12H14N4O/c1-8(9-3-2-4-11(13)5-9)16-7-10(6-15-16)12(14)17/h2-8H,13H2,1H3,(H2,14,17). The molecule has 1 amide bonds. The highest BCUT2D eigenvalue weighted by Gasteiger charge is 2.11. The molecule has 2 rings (SSSR count). The number of rotatable bonds is 3. The Labute approximate surface area is 99.0 Å². The van der Waals surface area contributed by atoms with Gasteiger partial charge in [0.1, 0.15) is 0 Å². The molecule has 88 valence electrons. The predicted molar refractivity (Wildman–Crippen MR) is 65.4 cm³/mol. The maximum absolute atomic E-state index is 11.0. The summed E-state index contributed by atoms with van der Waals surface area (Å²) in [5.74, 6) is -0.476. The van der Waals surface area contributed by atoms with Gasteiger partial charge >= 0.3 is 0 Å². The lowest BCUT2D eigenvalue weighted by Crippen LogP contribution is -2.11. The maximum atomic E-state index is 11.0. The van der Waals surface area contributed by atoms with Crippen molar-refractivity contribution in [3.63, 3.8) is 0 Å². The summed E-state index contributed by atoms with van der Waals surface area (Å²) in [5.41, 5.74) is 13.0. The van der Waals surface area contributed by atoms with Crippen molar-refractivity contribution in [1.82, 2.24) is 9.78 Å². The predicted octanol–water partition coefficient (Wildman–Crippen LogP) is 1.17. The minimum absolute atomic E-state index is 0.00611. The number of nitrogens with zero attached hydrogens (tertiary/aromatic N) is 2. The van der Waals surface area contributed by atoms with E-state index in [1.165, 1.54) is 6.20 Å². The van der Waals surface area contributed by atoms with E-state index in [1.54, 1.807) is 10.9 Å². The van der Waals surface area contributed by atoms with Gasteiger partial charge in [-0.15, -0.1) is 0 Å². The van der Waals surface area contributed by atoms with E-state index in [4.69, 9.17) is 11.5 Å². The molecule has 17 heavy (non-hydrogen) atoms. The molecule has 0 saturated carbocycles. The van der Waals surface area contributed by atoms with Gasteiger partial charge in [0.05, 0.1) is 17.8 Å². The highest BCUT2D eigenvalue weighted by molar-refractivity contribution is 5.92. The van der Waals surface area contributed by atoms with Gasteiger partial charge in [-0.3, -0.25) is 9.48 Å². The first-order valence-corrected chi connectivity index (χ1v) is 5.27. The van der Waals surface area contributed by atoms with Crippen LogP contribution in [0.3, 0.4) is 0 Å². The van der Waals surface area contributed by atoms with Crippen LogP contribution in [0.2, 0.25) is 0 Å². The Bertz CT molecular complexity index is 547. The number of aromatic nitrogens is 2. The third-order valence-electron chi connectivity index (χ3n) is 2.68. The van der Waals surface area contributed by atoms with Crippen molar-refractivity contribution in [2.45, 2.75) is 13.0 Å². The number of hydrogen-bond acceptors (Lipinski definition) is 3. The second kappa shape index (κ2) is 4.29. The second-order valence-electron chi connectivity index (χ2n) is 3.92. The molecule has 0 saturated heterocycles. The van der Waals surface area contributed by atoms with Crippen molar-refractivity contribution in [3.8, 4) is 0 Å². The van der Waals surface area contributed by atoms with Gasteiger partial charge in [0.15, 0.2) is 0 Å². The van der Waals surface area contributed by atoms with Crippen molar-refractivity contribution in [2.75, 3.05) is 5.73 Å². The summed E-state index contributed by atoms with van der Waals surface area (Å²) in [6.07, 6.45) is 3.10. The van der Waals surface area contributed by atoms with E-state index >= 15 is 0 Å². The fraction of sp³-hybridized carbons (Fsp3) is 0.167. The van der Waals surface area contributed by atoms with Crippen LogP contribution >= 0.6 is 0 Å². The monoisotopic (exact) mass is 230 g/mol. The lowest BCUT2D eigenvalue weighted by Gasteiger charge is -2.12. The van der Waals surface area contributed by atoms with Crippen LogP contribution in [0.15, 0.2) is 36.7 Å². The lowest BCUT2D eigenvalue weighted by molar-refractivity contribution is 0.1000. The number of carbonyl (C=O) groups excluding carboxylic acids is 1. The number of nitrogen functional groups attached to an aromatic ring is 1. The first-order valence-electron chi connectivity index (χ1n) is 5.27. The van der Waals surface area contributed by atoms with Crippen LogP contribution in [-0.2, 0) is 0 Å². The number of primary amides is 1. The smallest absolute Gasteiger partial charge is 0.251 e. The molecular weight excluding hydrogens is 216 g/mol. The van der Waals surface area contributed by atoms with Crippen LogP contribution in [0.25, 0.3) is 0 Å². The van der Waals surface area contributed by atoms with Crippen molar-refractivity contribution >= 4 is 11.6 Å². The number of hydrogen-bond donors (Lipinski definition) is 2. The average molecular weight is 230 g/mol. The third kappa shape index (κ3) is 2.28. The third-order valence-corrected chi connectivity index (χ3v) is 2.68. The zero-order valence-corrected chi connectivity index (χ0v) is 9.50. The first-order chi connectivity index (χ1) is 8.08. The maximum Gasteiger partial charge on any atom is 0.251 e. The molecule has 0 aliphatic heterocycles. The molecule has 4 N–H and O–H groups in total. The number of amides is 1. The Morgan fingerprint density at radius 2 is 2.24 bits per heavy atom. The topological polar surface area (TPSA) is 86.9 Å². The average Bonchev–Trinajstić information content (AvgIpc) is 2.77.